The lowest BCUT2D eigenvalue weighted by molar-refractivity contribution is -0.129. The van der Waals surface area contributed by atoms with Gasteiger partial charge in [0, 0.05) is 23.5 Å². The molecule has 1 aliphatic rings. The largest absolute Gasteiger partial charge is 0.351 e. The van der Waals surface area contributed by atoms with Crippen LogP contribution in [0.25, 0.3) is 0 Å². The smallest absolute Gasteiger partial charge is 0.225 e. The molecule has 1 aromatic carbocycles. The van der Waals surface area contributed by atoms with E-state index in [-0.39, 0.29) is 23.9 Å². The molecule has 0 spiro atoms. The second-order valence-corrected chi connectivity index (χ2v) is 6.33. The molecule has 1 N–H and O–H groups in total. The van der Waals surface area contributed by atoms with Gasteiger partial charge in [-0.15, -0.1) is 0 Å². The van der Waals surface area contributed by atoms with Gasteiger partial charge >= 0.3 is 0 Å². The van der Waals surface area contributed by atoms with Crippen molar-refractivity contribution in [3.05, 3.63) is 34.3 Å². The minimum atomic E-state index is -0.0622. The van der Waals surface area contributed by atoms with Crippen molar-refractivity contribution in [3.63, 3.8) is 0 Å². The Kier molecular flexibility index (Phi) is 4.81. The van der Waals surface area contributed by atoms with E-state index in [4.69, 9.17) is 0 Å². The number of nitrogens with zero attached hydrogens (tertiary/aromatic N) is 1. The van der Waals surface area contributed by atoms with E-state index in [1.54, 1.807) is 0 Å². The molecule has 5 heteroatoms. The molecule has 4 nitrogen and oxygen atoms in total. The van der Waals surface area contributed by atoms with Crippen molar-refractivity contribution in [1.29, 1.82) is 0 Å². The Hall–Kier alpha value is -1.36. The molecule has 108 valence electrons. The molecule has 0 saturated carbocycles. The fourth-order valence-corrected chi connectivity index (χ4v) is 2.66. The van der Waals surface area contributed by atoms with Gasteiger partial charge in [-0.05, 0) is 31.5 Å². The number of nitrogens with one attached hydrogen (secondary N) is 1. The van der Waals surface area contributed by atoms with Crippen molar-refractivity contribution >= 4 is 27.7 Å². The van der Waals surface area contributed by atoms with E-state index in [1.807, 2.05) is 43.0 Å². The summed E-state index contributed by atoms with van der Waals surface area (Å²) in [5.74, 6) is 0.0877. The van der Waals surface area contributed by atoms with E-state index < -0.39 is 0 Å². The average Bonchev–Trinajstić information content (AvgIpc) is 2.73. The summed E-state index contributed by atoms with van der Waals surface area (Å²) >= 11 is 3.37. The zero-order valence-corrected chi connectivity index (χ0v) is 13.3. The van der Waals surface area contributed by atoms with E-state index in [9.17, 15) is 9.59 Å². The van der Waals surface area contributed by atoms with Crippen molar-refractivity contribution in [3.8, 4) is 0 Å². The standard InChI is InChI=1S/C15H19BrN2O2/c1-10(2)18-9-13(8-15(18)20)17-14(19)7-11-3-5-12(16)6-4-11/h3-6,10,13H,7-9H2,1-2H3,(H,17,19). The number of benzene rings is 1. The molecule has 1 fully saturated rings. The summed E-state index contributed by atoms with van der Waals surface area (Å²) in [7, 11) is 0. The van der Waals surface area contributed by atoms with Crippen molar-refractivity contribution < 1.29 is 9.59 Å². The molecule has 1 heterocycles. The maximum Gasteiger partial charge on any atom is 0.225 e. The minimum Gasteiger partial charge on any atom is -0.351 e. The number of hydrogen-bond donors (Lipinski definition) is 1. The Labute approximate surface area is 127 Å². The molecule has 1 atom stereocenters. The molecule has 2 amide bonds. The first-order chi connectivity index (χ1) is 9.45. The maximum absolute atomic E-state index is 12.0. The van der Waals surface area contributed by atoms with Gasteiger partial charge in [0.05, 0.1) is 12.5 Å². The number of amides is 2. The van der Waals surface area contributed by atoms with Gasteiger partial charge in [0.25, 0.3) is 0 Å². The second kappa shape index (κ2) is 6.39. The molecule has 0 radical (unpaired) electrons. The molecule has 0 aromatic heterocycles. The summed E-state index contributed by atoms with van der Waals surface area (Å²) in [6.07, 6.45) is 0.754. The number of carbonyl (C=O) groups is 2. The number of halogens is 1. The zero-order chi connectivity index (χ0) is 14.7. The van der Waals surface area contributed by atoms with Crippen LogP contribution in [-0.4, -0.2) is 35.3 Å². The topological polar surface area (TPSA) is 49.4 Å². The van der Waals surface area contributed by atoms with Crippen LogP contribution in [0.15, 0.2) is 28.7 Å². The summed E-state index contributed by atoms with van der Waals surface area (Å²) < 4.78 is 0.996. The molecule has 0 aliphatic carbocycles. The molecule has 1 aliphatic heterocycles. The SMILES string of the molecule is CC(C)N1CC(NC(=O)Cc2ccc(Br)cc2)CC1=O. The predicted octanol–water partition coefficient (Wildman–Crippen LogP) is 2.12. The number of likely N-dealkylation sites (tertiary alicyclic amines) is 1. The summed E-state index contributed by atoms with van der Waals surface area (Å²) in [5.41, 5.74) is 0.968. The third kappa shape index (κ3) is 3.82. The summed E-state index contributed by atoms with van der Waals surface area (Å²) in [6.45, 7) is 4.59. The third-order valence-corrected chi connectivity index (χ3v) is 3.95. The molecular formula is C15H19BrN2O2. The number of rotatable bonds is 4. The molecular weight excluding hydrogens is 320 g/mol. The lowest BCUT2D eigenvalue weighted by Gasteiger charge is -2.21. The van der Waals surface area contributed by atoms with E-state index in [0.29, 0.717) is 19.4 Å². The maximum atomic E-state index is 12.0. The first kappa shape index (κ1) is 15.0. The molecule has 0 bridgehead atoms. The average molecular weight is 339 g/mol. The first-order valence-corrected chi connectivity index (χ1v) is 7.58. The highest BCUT2D eigenvalue weighted by Gasteiger charge is 2.31. The van der Waals surface area contributed by atoms with Crippen LogP contribution in [0.1, 0.15) is 25.8 Å². The van der Waals surface area contributed by atoms with Crippen LogP contribution in [0.3, 0.4) is 0 Å². The normalized spacial score (nSPS) is 18.7. The highest BCUT2D eigenvalue weighted by atomic mass is 79.9. The van der Waals surface area contributed by atoms with E-state index in [1.165, 1.54) is 0 Å². The minimum absolute atomic E-state index is 0.0317. The fraction of sp³-hybridized carbons (Fsp3) is 0.467. The van der Waals surface area contributed by atoms with Crippen molar-refractivity contribution in [2.75, 3.05) is 6.54 Å². The number of carbonyl (C=O) groups excluding carboxylic acids is 2. The van der Waals surface area contributed by atoms with Crippen LogP contribution in [0.5, 0.6) is 0 Å². The van der Waals surface area contributed by atoms with Gasteiger partial charge in [0.1, 0.15) is 0 Å². The quantitative estimate of drug-likeness (QED) is 0.914. The zero-order valence-electron chi connectivity index (χ0n) is 11.7. The lowest BCUT2D eigenvalue weighted by Crippen LogP contribution is -2.39. The van der Waals surface area contributed by atoms with Crippen molar-refractivity contribution in [1.82, 2.24) is 10.2 Å². The van der Waals surface area contributed by atoms with Crippen molar-refractivity contribution in [2.45, 2.75) is 38.8 Å². The van der Waals surface area contributed by atoms with Gasteiger partial charge in [-0.3, -0.25) is 9.59 Å². The monoisotopic (exact) mass is 338 g/mol. The van der Waals surface area contributed by atoms with E-state index >= 15 is 0 Å². The Morgan fingerprint density at radius 3 is 2.60 bits per heavy atom. The summed E-state index contributed by atoms with van der Waals surface area (Å²) in [6, 6.07) is 7.81. The molecule has 20 heavy (non-hydrogen) atoms. The van der Waals surface area contributed by atoms with Gasteiger partial charge in [-0.2, -0.15) is 0 Å². The van der Waals surface area contributed by atoms with Crippen LogP contribution >= 0.6 is 15.9 Å². The highest BCUT2D eigenvalue weighted by Crippen LogP contribution is 2.15. The van der Waals surface area contributed by atoms with Crippen LogP contribution in [-0.2, 0) is 16.0 Å². The third-order valence-electron chi connectivity index (χ3n) is 3.42. The van der Waals surface area contributed by atoms with Gasteiger partial charge in [0.15, 0.2) is 0 Å². The van der Waals surface area contributed by atoms with E-state index in [2.05, 4.69) is 21.2 Å². The van der Waals surface area contributed by atoms with Crippen LogP contribution in [0.4, 0.5) is 0 Å². The Balaban J connectivity index is 1.86. The fourth-order valence-electron chi connectivity index (χ4n) is 2.39. The van der Waals surface area contributed by atoms with Gasteiger partial charge in [-0.25, -0.2) is 0 Å². The van der Waals surface area contributed by atoms with Gasteiger partial charge in [-0.1, -0.05) is 28.1 Å². The Morgan fingerprint density at radius 1 is 1.40 bits per heavy atom. The molecule has 1 saturated heterocycles. The van der Waals surface area contributed by atoms with Crippen LogP contribution < -0.4 is 5.32 Å². The lowest BCUT2D eigenvalue weighted by atomic mass is 10.1. The van der Waals surface area contributed by atoms with Gasteiger partial charge in [0.2, 0.25) is 11.8 Å². The van der Waals surface area contributed by atoms with Crippen molar-refractivity contribution in [2.24, 2.45) is 0 Å². The van der Waals surface area contributed by atoms with Crippen LogP contribution in [0.2, 0.25) is 0 Å². The van der Waals surface area contributed by atoms with E-state index in [0.717, 1.165) is 10.0 Å². The van der Waals surface area contributed by atoms with Crippen LogP contribution in [0, 0.1) is 0 Å². The Bertz CT molecular complexity index is 499. The molecule has 1 unspecified atom stereocenters. The number of hydrogen-bond acceptors (Lipinski definition) is 2. The summed E-state index contributed by atoms with van der Waals surface area (Å²) in [5, 5.41) is 2.94. The molecule has 2 rings (SSSR count). The second-order valence-electron chi connectivity index (χ2n) is 5.41. The summed E-state index contributed by atoms with van der Waals surface area (Å²) in [4.78, 5) is 25.6. The predicted molar refractivity (Wildman–Crippen MR) is 81.2 cm³/mol. The molecule has 1 aromatic rings. The first-order valence-electron chi connectivity index (χ1n) is 6.79. The van der Waals surface area contributed by atoms with Gasteiger partial charge < -0.3 is 10.2 Å². The highest BCUT2D eigenvalue weighted by molar-refractivity contribution is 9.10. The Morgan fingerprint density at radius 2 is 2.05 bits per heavy atom.